The van der Waals surface area contributed by atoms with Crippen LogP contribution in [0.25, 0.3) is 0 Å². The molecule has 0 bridgehead atoms. The molecule has 3 saturated heterocycles. The SMILES string of the molecule is CCCCCCCCCCCC[N+](C)(C)Cc1ccccc1.NC[C@@H]1O[C@H](O[C@H]2[C@@H](O)[C@H](O[C@@H]3[C@@H](O)[C@H](N)C[C@H](N)[C@H]3O[C@H]3O[C@H](CO)[C@@H](O)[C@H](O)[C@H]3N)O[C@@H]2CO)[C@H](N)[C@@H](O)[C@@H]1O.[Cl-]. The first kappa shape index (κ1) is 58.0. The second-order valence-electron chi connectivity index (χ2n) is 18.7. The fourth-order valence-corrected chi connectivity index (χ4v) is 8.88. The van der Waals surface area contributed by atoms with E-state index in [2.05, 4.69) is 51.4 Å². The van der Waals surface area contributed by atoms with E-state index in [9.17, 15) is 40.9 Å². The number of hydrogen-bond acceptors (Lipinski definition) is 19. The summed E-state index contributed by atoms with van der Waals surface area (Å²) < 4.78 is 35.5. The maximum Gasteiger partial charge on any atom is 0.187 e. The van der Waals surface area contributed by atoms with E-state index in [1.54, 1.807) is 0 Å². The molecule has 21 heteroatoms. The van der Waals surface area contributed by atoms with Gasteiger partial charge >= 0.3 is 0 Å². The smallest absolute Gasteiger partial charge is 0.187 e. The number of quaternary nitrogens is 1. The summed E-state index contributed by atoms with van der Waals surface area (Å²) in [6.07, 6.45) is -6.26. The molecule has 1 saturated carbocycles. The molecular weight excluding hydrogens is 872 g/mol. The van der Waals surface area contributed by atoms with Crippen LogP contribution in [0.4, 0.5) is 0 Å². The van der Waals surface area contributed by atoms with Gasteiger partial charge in [0.05, 0.1) is 52.0 Å². The normalized spacial score (nSPS) is 38.7. The number of hydrogen-bond donors (Lipinski definition) is 13. The van der Waals surface area contributed by atoms with Crippen LogP contribution < -0.4 is 41.1 Å². The average molecular weight is 956 g/mol. The summed E-state index contributed by atoms with van der Waals surface area (Å²) >= 11 is 0. The van der Waals surface area contributed by atoms with E-state index in [0.717, 1.165) is 11.0 Å². The molecule has 3 heterocycles. The van der Waals surface area contributed by atoms with E-state index < -0.39 is 129 Å². The van der Waals surface area contributed by atoms with Crippen LogP contribution in [-0.4, -0.2) is 202 Å². The minimum absolute atomic E-state index is 0. The largest absolute Gasteiger partial charge is 1.00 e. The molecule has 0 spiro atoms. The van der Waals surface area contributed by atoms with Crippen LogP contribution in [0.15, 0.2) is 30.3 Å². The van der Waals surface area contributed by atoms with E-state index in [1.807, 2.05) is 0 Å². The molecule has 65 heavy (non-hydrogen) atoms. The maximum absolute atomic E-state index is 11.1. The Bertz CT molecular complexity index is 1440. The van der Waals surface area contributed by atoms with Gasteiger partial charge in [-0.05, 0) is 19.3 Å². The second-order valence-corrected chi connectivity index (χ2v) is 18.7. The van der Waals surface area contributed by atoms with Gasteiger partial charge in [-0.2, -0.15) is 0 Å². The van der Waals surface area contributed by atoms with E-state index in [-0.39, 0.29) is 25.4 Å². The highest BCUT2D eigenvalue weighted by atomic mass is 35.5. The highest BCUT2D eigenvalue weighted by Gasteiger charge is 2.54. The van der Waals surface area contributed by atoms with Crippen LogP contribution in [0.3, 0.4) is 0 Å². The quantitative estimate of drug-likeness (QED) is 0.0381. The molecule has 4 fully saturated rings. The van der Waals surface area contributed by atoms with Gasteiger partial charge in [0.2, 0.25) is 0 Å². The zero-order chi connectivity index (χ0) is 47.1. The van der Waals surface area contributed by atoms with E-state index >= 15 is 0 Å². The third-order valence-corrected chi connectivity index (χ3v) is 12.9. The van der Waals surface area contributed by atoms with Gasteiger partial charge in [-0.3, -0.25) is 0 Å². The first-order valence-corrected chi connectivity index (χ1v) is 23.3. The molecule has 0 radical (unpaired) electrons. The molecule has 0 unspecified atom stereocenters. The monoisotopic (exact) mass is 955 g/mol. The van der Waals surface area contributed by atoms with Crippen molar-refractivity contribution >= 4 is 0 Å². The van der Waals surface area contributed by atoms with Crippen LogP contribution in [0.2, 0.25) is 0 Å². The van der Waals surface area contributed by atoms with Crippen LogP contribution in [-0.2, 0) is 35.0 Å². The summed E-state index contributed by atoms with van der Waals surface area (Å²) in [5.41, 5.74) is 31.4. The highest BCUT2D eigenvalue weighted by molar-refractivity contribution is 5.13. The third-order valence-electron chi connectivity index (χ3n) is 12.9. The van der Waals surface area contributed by atoms with E-state index in [4.69, 9.17) is 57.1 Å². The van der Waals surface area contributed by atoms with Crippen molar-refractivity contribution in [3.63, 3.8) is 0 Å². The number of nitrogens with zero attached hydrogens (tertiary/aromatic N) is 1. The number of halogens is 1. The number of nitrogens with two attached hydrogens (primary N) is 5. The molecule has 3 aliphatic heterocycles. The fourth-order valence-electron chi connectivity index (χ4n) is 8.88. The Balaban J connectivity index is 0.000000413. The van der Waals surface area contributed by atoms with Gasteiger partial charge in [0, 0.05) is 24.2 Å². The van der Waals surface area contributed by atoms with Gasteiger partial charge in [-0.1, -0.05) is 88.6 Å². The number of unbranched alkanes of at least 4 members (excludes halogenated alkanes) is 9. The van der Waals surface area contributed by atoms with Gasteiger partial charge in [0.1, 0.15) is 73.7 Å². The van der Waals surface area contributed by atoms with Gasteiger partial charge in [-0.25, -0.2) is 0 Å². The van der Waals surface area contributed by atoms with Crippen molar-refractivity contribution in [2.24, 2.45) is 28.7 Å². The van der Waals surface area contributed by atoms with E-state index in [0.29, 0.717) is 0 Å². The van der Waals surface area contributed by atoms with Gasteiger partial charge in [0.15, 0.2) is 18.9 Å². The Labute approximate surface area is 390 Å². The zero-order valence-corrected chi connectivity index (χ0v) is 39.2. The minimum atomic E-state index is -1.62. The topological polar surface area (TPSA) is 347 Å². The summed E-state index contributed by atoms with van der Waals surface area (Å²) in [5.74, 6) is 0. The van der Waals surface area contributed by atoms with Crippen molar-refractivity contribution in [2.75, 3.05) is 40.4 Å². The molecular formula is C44H83ClN6O14. The lowest BCUT2D eigenvalue weighted by Gasteiger charge is -2.47. The summed E-state index contributed by atoms with van der Waals surface area (Å²) in [5, 5.41) is 82.3. The molecule has 1 aromatic carbocycles. The first-order chi connectivity index (χ1) is 30.5. The molecule has 1 aromatic rings. The number of aliphatic hydroxyl groups excluding tert-OH is 8. The number of benzene rings is 1. The molecule has 20 nitrogen and oxygen atoms in total. The van der Waals surface area contributed by atoms with Gasteiger partial charge < -0.3 is 115 Å². The molecule has 380 valence electrons. The molecule has 18 N–H and O–H groups in total. The van der Waals surface area contributed by atoms with Gasteiger partial charge in [-0.15, -0.1) is 0 Å². The summed E-state index contributed by atoms with van der Waals surface area (Å²) in [6, 6.07) is 6.60. The van der Waals surface area contributed by atoms with Crippen LogP contribution >= 0.6 is 0 Å². The number of aliphatic hydroxyl groups is 8. The predicted molar refractivity (Wildman–Crippen MR) is 235 cm³/mol. The molecule has 4 aliphatic rings. The van der Waals surface area contributed by atoms with Gasteiger partial charge in [0.25, 0.3) is 0 Å². The van der Waals surface area contributed by atoms with Crippen molar-refractivity contribution in [3.05, 3.63) is 35.9 Å². The molecule has 0 aromatic heterocycles. The molecule has 19 atom stereocenters. The third kappa shape index (κ3) is 16.4. The lowest BCUT2D eigenvalue weighted by molar-refractivity contribution is -0.903. The van der Waals surface area contributed by atoms with Crippen molar-refractivity contribution in [1.82, 2.24) is 0 Å². The highest BCUT2D eigenvalue weighted by Crippen LogP contribution is 2.34. The summed E-state index contributed by atoms with van der Waals surface area (Å²) in [6.45, 7) is 3.25. The van der Waals surface area contributed by atoms with Crippen LogP contribution in [0.1, 0.15) is 83.1 Å². The summed E-state index contributed by atoms with van der Waals surface area (Å²) in [4.78, 5) is 0. The number of ether oxygens (including phenoxy) is 6. The van der Waals surface area contributed by atoms with E-state index in [1.165, 1.54) is 76.3 Å². The lowest BCUT2D eigenvalue weighted by Crippen LogP contribution is -3.00. The predicted octanol–water partition coefficient (Wildman–Crippen LogP) is -5.67. The Kier molecular flexibility index (Phi) is 25.3. The Morgan fingerprint density at radius 1 is 0.569 bits per heavy atom. The Morgan fingerprint density at radius 2 is 1.05 bits per heavy atom. The zero-order valence-electron chi connectivity index (χ0n) is 38.4. The van der Waals surface area contributed by atoms with Crippen molar-refractivity contribution in [2.45, 2.75) is 200 Å². The van der Waals surface area contributed by atoms with Crippen molar-refractivity contribution in [1.29, 1.82) is 0 Å². The number of rotatable bonds is 22. The summed E-state index contributed by atoms with van der Waals surface area (Å²) in [7, 11) is 4.72. The first-order valence-electron chi connectivity index (χ1n) is 23.3. The molecule has 0 amide bonds. The van der Waals surface area contributed by atoms with Crippen molar-refractivity contribution in [3.8, 4) is 0 Å². The lowest BCUT2D eigenvalue weighted by atomic mass is 9.84. The van der Waals surface area contributed by atoms with Crippen LogP contribution in [0.5, 0.6) is 0 Å². The van der Waals surface area contributed by atoms with Crippen molar-refractivity contribution < 1.29 is 86.2 Å². The van der Waals surface area contributed by atoms with Crippen LogP contribution in [0, 0.1) is 0 Å². The Morgan fingerprint density at radius 3 is 1.58 bits per heavy atom. The Hall–Kier alpha value is -1.29. The fraction of sp³-hybridized carbons (Fsp3) is 0.864. The molecule has 1 aliphatic carbocycles. The minimum Gasteiger partial charge on any atom is -1.00 e. The molecule has 5 rings (SSSR count). The maximum atomic E-state index is 11.1. The average Bonchev–Trinajstić information content (AvgIpc) is 3.57. The second kappa shape index (κ2) is 28.4. The standard InChI is InChI=1S/C23H45N5O14.C21H38N.ClH/c24-2-7-13(32)15(34)10(27)21(37-7)41-19-9(4-30)39-23(17(19)36)42-20-12(31)5(25)1-6(26)18(20)40-22-11(28)16(35)14(33)8(3-29)38-22;1-4-5-6-7-8-9-10-11-12-16-19-22(2,3)20-21-17-14-13-15-18-21;/h5-23,29-36H,1-4,24-28H2;13-15,17-18H,4-12,16,19-20H2,1-3H3;1H/q;+1;/p-1/t5-,6+,7+,8-,9-,10-,11-,12+,13-,14-,15-,16-,17-,18-,19-,20-,21-,22-,23+;;/m1../s1.